The van der Waals surface area contributed by atoms with Crippen LogP contribution < -0.4 is 16.8 Å². The third kappa shape index (κ3) is 3.85. The normalized spacial score (nSPS) is 12.0. The van der Waals surface area contributed by atoms with Crippen LogP contribution in [0.5, 0.6) is 0 Å². The van der Waals surface area contributed by atoms with Gasteiger partial charge in [0.1, 0.15) is 6.04 Å². The van der Waals surface area contributed by atoms with Gasteiger partial charge in [-0.1, -0.05) is 18.2 Å². The molecule has 0 saturated heterocycles. The van der Waals surface area contributed by atoms with Crippen molar-refractivity contribution in [3.63, 3.8) is 0 Å². The number of aromatic amines is 1. The van der Waals surface area contributed by atoms with Crippen LogP contribution in [0.25, 0.3) is 10.9 Å². The molecule has 2 aromatic rings. The van der Waals surface area contributed by atoms with Crippen LogP contribution in [0.4, 0.5) is 0 Å². The number of carbonyl (C=O) groups excluding carboxylic acids is 3. The number of rotatable bonds is 7. The van der Waals surface area contributed by atoms with E-state index in [0.717, 1.165) is 16.5 Å². The molecule has 0 aliphatic heterocycles. The summed E-state index contributed by atoms with van der Waals surface area (Å²) in [5.74, 6) is -1.62. The summed E-state index contributed by atoms with van der Waals surface area (Å²) in [5, 5.41) is 3.51. The Morgan fingerprint density at radius 1 is 1.14 bits per heavy atom. The van der Waals surface area contributed by atoms with E-state index < -0.39 is 23.8 Å². The molecular weight excluding hydrogens is 284 g/mol. The Morgan fingerprint density at radius 3 is 2.55 bits per heavy atom. The smallest absolute Gasteiger partial charge is 0.240 e. The number of amides is 3. The van der Waals surface area contributed by atoms with Crippen LogP contribution >= 0.6 is 0 Å². The summed E-state index contributed by atoms with van der Waals surface area (Å²) in [7, 11) is 0. The topological polar surface area (TPSA) is 131 Å². The number of nitrogens with one attached hydrogen (secondary N) is 2. The number of primary amides is 2. The number of hydrogen-bond acceptors (Lipinski definition) is 3. The standard InChI is InChI=1S/C15H18N4O3/c16-13(20)5-6-14(21)19-12(15(17)22)7-9-8-18-11-4-2-1-3-10(9)11/h1-4,8,12,18H,5-7H2,(H2,16,20)(H2,17,22)(H,19,21)/t12-/m0/s1. The van der Waals surface area contributed by atoms with E-state index in [1.54, 1.807) is 6.20 Å². The maximum atomic E-state index is 11.7. The Balaban J connectivity index is 2.07. The molecule has 116 valence electrons. The number of fused-ring (bicyclic) bond motifs is 1. The summed E-state index contributed by atoms with van der Waals surface area (Å²) in [6, 6.07) is 6.81. The van der Waals surface area contributed by atoms with Crippen LogP contribution in [0.15, 0.2) is 30.5 Å². The summed E-state index contributed by atoms with van der Waals surface area (Å²) in [6.45, 7) is 0. The fourth-order valence-electron chi connectivity index (χ4n) is 2.25. The number of carbonyl (C=O) groups is 3. The average molecular weight is 302 g/mol. The van der Waals surface area contributed by atoms with Gasteiger partial charge in [0.2, 0.25) is 17.7 Å². The number of nitrogens with two attached hydrogens (primary N) is 2. The molecule has 7 heteroatoms. The van der Waals surface area contributed by atoms with Crippen LogP contribution in [0.3, 0.4) is 0 Å². The third-order valence-electron chi connectivity index (χ3n) is 3.38. The molecule has 1 atom stereocenters. The molecule has 7 nitrogen and oxygen atoms in total. The van der Waals surface area contributed by atoms with Crippen molar-refractivity contribution in [2.75, 3.05) is 0 Å². The Hall–Kier alpha value is -2.83. The van der Waals surface area contributed by atoms with Gasteiger partial charge in [0.25, 0.3) is 0 Å². The molecule has 0 radical (unpaired) electrons. The van der Waals surface area contributed by atoms with E-state index >= 15 is 0 Å². The van der Waals surface area contributed by atoms with Crippen molar-refractivity contribution >= 4 is 28.6 Å². The molecule has 0 spiro atoms. The van der Waals surface area contributed by atoms with Gasteiger partial charge in [-0.05, 0) is 11.6 Å². The van der Waals surface area contributed by atoms with Gasteiger partial charge < -0.3 is 21.8 Å². The monoisotopic (exact) mass is 302 g/mol. The number of benzene rings is 1. The molecule has 1 aromatic heterocycles. The minimum Gasteiger partial charge on any atom is -0.370 e. The average Bonchev–Trinajstić information content (AvgIpc) is 2.87. The van der Waals surface area contributed by atoms with E-state index in [1.807, 2.05) is 24.3 Å². The van der Waals surface area contributed by atoms with Crippen molar-refractivity contribution in [3.05, 3.63) is 36.0 Å². The van der Waals surface area contributed by atoms with E-state index in [4.69, 9.17) is 11.5 Å². The number of aromatic nitrogens is 1. The number of hydrogen-bond donors (Lipinski definition) is 4. The zero-order chi connectivity index (χ0) is 16.1. The zero-order valence-corrected chi connectivity index (χ0v) is 12.0. The van der Waals surface area contributed by atoms with Crippen LogP contribution in [0, 0.1) is 0 Å². The van der Waals surface area contributed by atoms with Gasteiger partial charge in [-0.15, -0.1) is 0 Å². The Morgan fingerprint density at radius 2 is 1.86 bits per heavy atom. The molecule has 22 heavy (non-hydrogen) atoms. The molecule has 1 aromatic carbocycles. The predicted octanol–water partition coefficient (Wildman–Crippen LogP) is -0.0540. The summed E-state index contributed by atoms with van der Waals surface area (Å²) in [6.07, 6.45) is 1.94. The van der Waals surface area contributed by atoms with Crippen LogP contribution in [0.2, 0.25) is 0 Å². The van der Waals surface area contributed by atoms with Crippen LogP contribution in [-0.4, -0.2) is 28.7 Å². The van der Waals surface area contributed by atoms with Gasteiger partial charge in [0.15, 0.2) is 0 Å². The van der Waals surface area contributed by atoms with E-state index in [9.17, 15) is 14.4 Å². The van der Waals surface area contributed by atoms with Gasteiger partial charge >= 0.3 is 0 Å². The van der Waals surface area contributed by atoms with Gasteiger partial charge in [-0.3, -0.25) is 14.4 Å². The maximum Gasteiger partial charge on any atom is 0.240 e. The van der Waals surface area contributed by atoms with E-state index in [1.165, 1.54) is 0 Å². The number of H-pyrrole nitrogens is 1. The van der Waals surface area contributed by atoms with Crippen molar-refractivity contribution < 1.29 is 14.4 Å². The van der Waals surface area contributed by atoms with Gasteiger partial charge in [-0.25, -0.2) is 0 Å². The van der Waals surface area contributed by atoms with Gasteiger partial charge in [-0.2, -0.15) is 0 Å². The summed E-state index contributed by atoms with van der Waals surface area (Å²) in [4.78, 5) is 37.0. The molecule has 1 heterocycles. The van der Waals surface area contributed by atoms with Crippen molar-refractivity contribution in [1.82, 2.24) is 10.3 Å². The highest BCUT2D eigenvalue weighted by Gasteiger charge is 2.20. The molecule has 0 fully saturated rings. The van der Waals surface area contributed by atoms with Crippen LogP contribution in [-0.2, 0) is 20.8 Å². The van der Waals surface area contributed by atoms with Gasteiger partial charge in [0.05, 0.1) is 0 Å². The second kappa shape index (κ2) is 6.75. The Kier molecular flexibility index (Phi) is 4.77. The maximum absolute atomic E-state index is 11.7. The van der Waals surface area contributed by atoms with Crippen molar-refractivity contribution in [1.29, 1.82) is 0 Å². The number of para-hydroxylation sites is 1. The zero-order valence-electron chi connectivity index (χ0n) is 12.0. The molecule has 3 amide bonds. The lowest BCUT2D eigenvalue weighted by molar-refractivity contribution is -0.128. The largest absolute Gasteiger partial charge is 0.370 e. The first-order valence-electron chi connectivity index (χ1n) is 6.89. The highest BCUT2D eigenvalue weighted by atomic mass is 16.2. The second-order valence-corrected chi connectivity index (χ2v) is 5.05. The molecule has 0 unspecified atom stereocenters. The minimum absolute atomic E-state index is 0.0625. The summed E-state index contributed by atoms with van der Waals surface area (Å²) >= 11 is 0. The highest BCUT2D eigenvalue weighted by Crippen LogP contribution is 2.19. The predicted molar refractivity (Wildman–Crippen MR) is 81.6 cm³/mol. The highest BCUT2D eigenvalue weighted by molar-refractivity contribution is 5.89. The summed E-state index contributed by atoms with van der Waals surface area (Å²) < 4.78 is 0. The first-order valence-corrected chi connectivity index (χ1v) is 6.89. The Labute approximate surface area is 127 Å². The molecule has 0 bridgehead atoms. The lowest BCUT2D eigenvalue weighted by Crippen LogP contribution is -2.46. The molecule has 0 aliphatic rings. The molecule has 0 saturated carbocycles. The van der Waals surface area contributed by atoms with Crippen molar-refractivity contribution in [2.24, 2.45) is 11.5 Å². The Bertz CT molecular complexity index is 708. The molecular formula is C15H18N4O3. The van der Waals surface area contributed by atoms with Gasteiger partial charge in [0, 0.05) is 36.4 Å². The van der Waals surface area contributed by atoms with Crippen molar-refractivity contribution in [3.8, 4) is 0 Å². The summed E-state index contributed by atoms with van der Waals surface area (Å²) in [5.41, 5.74) is 12.2. The molecule has 6 N–H and O–H groups in total. The fourth-order valence-corrected chi connectivity index (χ4v) is 2.25. The molecule has 2 rings (SSSR count). The SMILES string of the molecule is NC(=O)CCC(=O)N[C@@H](Cc1c[nH]c2ccccc12)C(N)=O. The fraction of sp³-hybridized carbons (Fsp3) is 0.267. The quantitative estimate of drug-likeness (QED) is 0.571. The van der Waals surface area contributed by atoms with E-state index in [0.29, 0.717) is 0 Å². The van der Waals surface area contributed by atoms with E-state index in [2.05, 4.69) is 10.3 Å². The van der Waals surface area contributed by atoms with Crippen LogP contribution in [0.1, 0.15) is 18.4 Å². The van der Waals surface area contributed by atoms with Crippen molar-refractivity contribution in [2.45, 2.75) is 25.3 Å². The third-order valence-corrected chi connectivity index (χ3v) is 3.38. The minimum atomic E-state index is -0.834. The molecule has 0 aliphatic carbocycles. The van der Waals surface area contributed by atoms with E-state index in [-0.39, 0.29) is 19.3 Å². The first-order chi connectivity index (χ1) is 10.5. The first kappa shape index (κ1) is 15.6. The lowest BCUT2D eigenvalue weighted by atomic mass is 10.0. The lowest BCUT2D eigenvalue weighted by Gasteiger charge is -2.15. The second-order valence-electron chi connectivity index (χ2n) is 5.05.